The summed E-state index contributed by atoms with van der Waals surface area (Å²) in [6.07, 6.45) is 1.62. The van der Waals surface area contributed by atoms with Crippen LogP contribution in [0.25, 0.3) is 11.3 Å². The van der Waals surface area contributed by atoms with Gasteiger partial charge in [-0.1, -0.05) is 6.07 Å². The van der Waals surface area contributed by atoms with Crippen LogP contribution in [0.1, 0.15) is 10.4 Å². The molecule has 1 aromatic heterocycles. The highest BCUT2D eigenvalue weighted by Gasteiger charge is 2.12. The maximum atomic E-state index is 11.0. The average molecular weight is 214 g/mol. The standard InChI is InChI=1S/C12H10N2O2/c13-8-4-5-9(12(15)16)10(7-8)11-3-1-2-6-14-11/h1-7H,13H2,(H,15,16). The Balaban J connectivity index is 2.63. The zero-order valence-corrected chi connectivity index (χ0v) is 8.42. The second-order valence-corrected chi connectivity index (χ2v) is 3.33. The van der Waals surface area contributed by atoms with Crippen LogP contribution in [-0.2, 0) is 0 Å². The van der Waals surface area contributed by atoms with Gasteiger partial charge in [0.25, 0.3) is 0 Å². The number of nitrogens with two attached hydrogens (primary N) is 1. The van der Waals surface area contributed by atoms with E-state index in [1.165, 1.54) is 6.07 Å². The van der Waals surface area contributed by atoms with Crippen molar-refractivity contribution < 1.29 is 9.90 Å². The lowest BCUT2D eigenvalue weighted by Crippen LogP contribution is -2.01. The molecule has 0 saturated carbocycles. The minimum absolute atomic E-state index is 0.202. The molecule has 0 fully saturated rings. The number of hydrogen-bond acceptors (Lipinski definition) is 3. The molecule has 0 aliphatic carbocycles. The summed E-state index contributed by atoms with van der Waals surface area (Å²) in [5.41, 5.74) is 7.50. The summed E-state index contributed by atoms with van der Waals surface area (Å²) in [5.74, 6) is -0.986. The van der Waals surface area contributed by atoms with Gasteiger partial charge in [-0.05, 0) is 30.3 Å². The van der Waals surface area contributed by atoms with E-state index < -0.39 is 5.97 Å². The number of anilines is 1. The maximum Gasteiger partial charge on any atom is 0.336 e. The Labute approximate surface area is 92.4 Å². The Morgan fingerprint density at radius 1 is 1.25 bits per heavy atom. The van der Waals surface area contributed by atoms with Gasteiger partial charge in [0.15, 0.2) is 0 Å². The Morgan fingerprint density at radius 3 is 2.69 bits per heavy atom. The van der Waals surface area contributed by atoms with Crippen LogP contribution in [0.2, 0.25) is 0 Å². The summed E-state index contributed by atoms with van der Waals surface area (Å²) in [7, 11) is 0. The molecule has 2 aromatic rings. The predicted octanol–water partition coefficient (Wildman–Crippen LogP) is 2.03. The zero-order valence-electron chi connectivity index (χ0n) is 8.42. The molecule has 3 N–H and O–H groups in total. The molecule has 0 unspecified atom stereocenters. The van der Waals surface area contributed by atoms with Crippen LogP contribution in [0.15, 0.2) is 42.6 Å². The zero-order chi connectivity index (χ0) is 11.5. The van der Waals surface area contributed by atoms with E-state index in [9.17, 15) is 4.79 Å². The Morgan fingerprint density at radius 2 is 2.06 bits per heavy atom. The van der Waals surface area contributed by atoms with Crippen molar-refractivity contribution in [2.75, 3.05) is 5.73 Å². The molecule has 0 spiro atoms. The van der Waals surface area contributed by atoms with Gasteiger partial charge in [0, 0.05) is 17.4 Å². The fourth-order valence-corrected chi connectivity index (χ4v) is 1.48. The third-order valence-corrected chi connectivity index (χ3v) is 2.21. The van der Waals surface area contributed by atoms with E-state index >= 15 is 0 Å². The van der Waals surface area contributed by atoms with E-state index in [4.69, 9.17) is 10.8 Å². The average Bonchev–Trinajstić information content (AvgIpc) is 2.29. The number of aromatic carboxylic acids is 1. The number of pyridine rings is 1. The Kier molecular flexibility index (Phi) is 2.55. The lowest BCUT2D eigenvalue weighted by atomic mass is 10.0. The highest BCUT2D eigenvalue weighted by Crippen LogP contribution is 2.24. The van der Waals surface area contributed by atoms with Crippen molar-refractivity contribution in [3.63, 3.8) is 0 Å². The molecule has 1 aromatic carbocycles. The first kappa shape index (κ1) is 10.2. The van der Waals surface area contributed by atoms with Gasteiger partial charge in [0.2, 0.25) is 0 Å². The molecular formula is C12H10N2O2. The molecule has 1 heterocycles. The number of nitrogens with zero attached hydrogens (tertiary/aromatic N) is 1. The second kappa shape index (κ2) is 4.02. The highest BCUT2D eigenvalue weighted by molar-refractivity contribution is 5.96. The number of nitrogen functional groups attached to an aromatic ring is 1. The second-order valence-electron chi connectivity index (χ2n) is 3.33. The predicted molar refractivity (Wildman–Crippen MR) is 61.0 cm³/mol. The first-order chi connectivity index (χ1) is 7.68. The summed E-state index contributed by atoms with van der Waals surface area (Å²) in [4.78, 5) is 15.2. The van der Waals surface area contributed by atoms with Crippen LogP contribution in [-0.4, -0.2) is 16.1 Å². The first-order valence-electron chi connectivity index (χ1n) is 4.72. The third kappa shape index (κ3) is 1.86. The quantitative estimate of drug-likeness (QED) is 0.750. The van der Waals surface area contributed by atoms with E-state index in [1.807, 2.05) is 0 Å². The van der Waals surface area contributed by atoms with Crippen LogP contribution in [0.5, 0.6) is 0 Å². The van der Waals surface area contributed by atoms with Gasteiger partial charge in [-0.25, -0.2) is 4.79 Å². The normalized spacial score (nSPS) is 10.0. The molecule has 0 amide bonds. The van der Waals surface area contributed by atoms with Crippen molar-refractivity contribution in [3.8, 4) is 11.3 Å². The maximum absolute atomic E-state index is 11.0. The molecule has 0 atom stereocenters. The first-order valence-corrected chi connectivity index (χ1v) is 4.72. The summed E-state index contributed by atoms with van der Waals surface area (Å²) in [5, 5.41) is 9.05. The molecule has 16 heavy (non-hydrogen) atoms. The summed E-state index contributed by atoms with van der Waals surface area (Å²) in [6.45, 7) is 0. The van der Waals surface area contributed by atoms with Gasteiger partial charge in [0.1, 0.15) is 0 Å². The number of aromatic nitrogens is 1. The molecule has 4 nitrogen and oxygen atoms in total. The molecule has 2 rings (SSSR count). The molecular weight excluding hydrogens is 204 g/mol. The van der Waals surface area contributed by atoms with Crippen molar-refractivity contribution in [1.29, 1.82) is 0 Å². The van der Waals surface area contributed by atoms with Crippen LogP contribution in [0, 0.1) is 0 Å². The molecule has 0 aliphatic heterocycles. The van der Waals surface area contributed by atoms with Gasteiger partial charge >= 0.3 is 5.97 Å². The molecule has 0 aliphatic rings. The third-order valence-electron chi connectivity index (χ3n) is 2.21. The van der Waals surface area contributed by atoms with E-state index in [-0.39, 0.29) is 5.56 Å². The van der Waals surface area contributed by atoms with Crippen LogP contribution >= 0.6 is 0 Å². The van der Waals surface area contributed by atoms with E-state index in [2.05, 4.69) is 4.98 Å². The largest absolute Gasteiger partial charge is 0.478 e. The van der Waals surface area contributed by atoms with Gasteiger partial charge in [-0.15, -0.1) is 0 Å². The molecule has 0 saturated heterocycles. The summed E-state index contributed by atoms with van der Waals surface area (Å²) in [6, 6.07) is 10.00. The molecule has 0 radical (unpaired) electrons. The number of carbonyl (C=O) groups is 1. The highest BCUT2D eigenvalue weighted by atomic mass is 16.4. The van der Waals surface area contributed by atoms with Crippen LogP contribution < -0.4 is 5.73 Å². The van der Waals surface area contributed by atoms with Crippen LogP contribution in [0.3, 0.4) is 0 Å². The Bertz CT molecular complexity index is 524. The Hall–Kier alpha value is -2.36. The summed E-state index contributed by atoms with van der Waals surface area (Å²) >= 11 is 0. The number of rotatable bonds is 2. The van der Waals surface area contributed by atoms with Crippen molar-refractivity contribution in [2.24, 2.45) is 0 Å². The molecule has 4 heteroatoms. The van der Waals surface area contributed by atoms with Gasteiger partial charge in [-0.3, -0.25) is 4.98 Å². The summed E-state index contributed by atoms with van der Waals surface area (Å²) < 4.78 is 0. The minimum atomic E-state index is -0.986. The molecule has 80 valence electrons. The fourth-order valence-electron chi connectivity index (χ4n) is 1.48. The van der Waals surface area contributed by atoms with Crippen molar-refractivity contribution in [2.45, 2.75) is 0 Å². The topological polar surface area (TPSA) is 76.2 Å². The smallest absolute Gasteiger partial charge is 0.336 e. The number of benzene rings is 1. The van der Waals surface area contributed by atoms with Crippen molar-refractivity contribution in [1.82, 2.24) is 4.98 Å². The van der Waals surface area contributed by atoms with Gasteiger partial charge < -0.3 is 10.8 Å². The lowest BCUT2D eigenvalue weighted by molar-refractivity contribution is 0.0697. The van der Waals surface area contributed by atoms with Gasteiger partial charge in [0.05, 0.1) is 11.3 Å². The fraction of sp³-hybridized carbons (Fsp3) is 0. The van der Waals surface area contributed by atoms with Crippen molar-refractivity contribution in [3.05, 3.63) is 48.2 Å². The van der Waals surface area contributed by atoms with Crippen molar-refractivity contribution >= 4 is 11.7 Å². The minimum Gasteiger partial charge on any atom is -0.478 e. The van der Waals surface area contributed by atoms with Crippen LogP contribution in [0.4, 0.5) is 5.69 Å². The number of carboxylic acid groups (broad SMARTS) is 1. The van der Waals surface area contributed by atoms with E-state index in [0.29, 0.717) is 16.9 Å². The SMILES string of the molecule is Nc1ccc(C(=O)O)c(-c2ccccn2)c1. The van der Waals surface area contributed by atoms with E-state index in [1.54, 1.807) is 36.5 Å². The van der Waals surface area contributed by atoms with Gasteiger partial charge in [-0.2, -0.15) is 0 Å². The lowest BCUT2D eigenvalue weighted by Gasteiger charge is -2.06. The molecule has 0 bridgehead atoms. The monoisotopic (exact) mass is 214 g/mol. The number of carboxylic acids is 1. The van der Waals surface area contributed by atoms with E-state index in [0.717, 1.165) is 0 Å². The number of hydrogen-bond donors (Lipinski definition) is 2.